The molecule has 2 aromatic rings. The molecule has 0 aromatic heterocycles. The fraction of sp³-hybridized carbons (Fsp3) is 0.125. The maximum absolute atomic E-state index is 13.6. The summed E-state index contributed by atoms with van der Waals surface area (Å²) in [7, 11) is 1.46. The van der Waals surface area contributed by atoms with Gasteiger partial charge in [0, 0.05) is 5.56 Å². The highest BCUT2D eigenvalue weighted by Gasteiger charge is 2.13. The number of benzene rings is 2. The fourth-order valence-corrected chi connectivity index (χ4v) is 1.80. The molecule has 0 unspecified atom stereocenters. The van der Waals surface area contributed by atoms with Gasteiger partial charge >= 0.3 is 0 Å². The topological polar surface area (TPSA) is 52.6 Å². The molecule has 0 N–H and O–H groups in total. The van der Waals surface area contributed by atoms with E-state index in [0.29, 0.717) is 17.6 Å². The van der Waals surface area contributed by atoms with Gasteiger partial charge < -0.3 is 9.47 Å². The van der Waals surface area contributed by atoms with E-state index in [-0.39, 0.29) is 23.7 Å². The van der Waals surface area contributed by atoms with Gasteiger partial charge in [0.1, 0.15) is 12.0 Å². The Kier molecular flexibility index (Phi) is 4.66. The zero-order valence-corrected chi connectivity index (χ0v) is 11.3. The Morgan fingerprint density at radius 1 is 1.19 bits per heavy atom. The van der Waals surface area contributed by atoms with Crippen LogP contribution in [0.25, 0.3) is 0 Å². The second-order valence-corrected chi connectivity index (χ2v) is 4.22. The van der Waals surface area contributed by atoms with E-state index in [9.17, 15) is 14.0 Å². The molecule has 0 atom stereocenters. The summed E-state index contributed by atoms with van der Waals surface area (Å²) < 4.78 is 23.9. The van der Waals surface area contributed by atoms with Gasteiger partial charge in [0.15, 0.2) is 18.2 Å². The summed E-state index contributed by atoms with van der Waals surface area (Å²) in [6.07, 6.45) is 0.535. The summed E-state index contributed by atoms with van der Waals surface area (Å²) in [6, 6.07) is 10.5. The van der Waals surface area contributed by atoms with Crippen molar-refractivity contribution < 1.29 is 23.5 Å². The van der Waals surface area contributed by atoms with Crippen molar-refractivity contribution >= 4 is 12.1 Å². The first-order valence-corrected chi connectivity index (χ1v) is 6.19. The van der Waals surface area contributed by atoms with Crippen LogP contribution in [0.1, 0.15) is 20.7 Å². The summed E-state index contributed by atoms with van der Waals surface area (Å²) in [5.74, 6) is -0.662. The van der Waals surface area contributed by atoms with Crippen LogP contribution in [0.15, 0.2) is 42.5 Å². The lowest BCUT2D eigenvalue weighted by molar-refractivity contribution is 0.0915. The number of carbonyl (C=O) groups excluding carboxylic acids is 2. The first kappa shape index (κ1) is 14.7. The monoisotopic (exact) mass is 288 g/mol. The molecule has 0 bridgehead atoms. The zero-order valence-electron chi connectivity index (χ0n) is 11.3. The lowest BCUT2D eigenvalue weighted by Gasteiger charge is -2.09. The zero-order chi connectivity index (χ0) is 15.2. The molecule has 0 aliphatic carbocycles. The smallest absolute Gasteiger partial charge is 0.203 e. The summed E-state index contributed by atoms with van der Waals surface area (Å²) >= 11 is 0. The minimum absolute atomic E-state index is 0.0798. The van der Waals surface area contributed by atoms with E-state index in [2.05, 4.69) is 0 Å². The van der Waals surface area contributed by atoms with E-state index >= 15 is 0 Å². The van der Waals surface area contributed by atoms with Crippen LogP contribution >= 0.6 is 0 Å². The third kappa shape index (κ3) is 3.45. The molecule has 0 saturated heterocycles. The van der Waals surface area contributed by atoms with E-state index in [0.717, 1.165) is 6.07 Å². The summed E-state index contributed by atoms with van der Waals surface area (Å²) in [5, 5.41) is 0. The van der Waals surface area contributed by atoms with Crippen molar-refractivity contribution in [1.29, 1.82) is 0 Å². The minimum atomic E-state index is -0.688. The largest absolute Gasteiger partial charge is 0.496 e. The molecule has 0 fully saturated rings. The van der Waals surface area contributed by atoms with Gasteiger partial charge in [0.2, 0.25) is 5.78 Å². The van der Waals surface area contributed by atoms with Gasteiger partial charge in [-0.15, -0.1) is 0 Å². The molecule has 0 heterocycles. The van der Waals surface area contributed by atoms with Crippen LogP contribution in [0.4, 0.5) is 4.39 Å². The normalized spacial score (nSPS) is 10.0. The van der Waals surface area contributed by atoms with Crippen molar-refractivity contribution in [3.8, 4) is 11.5 Å². The van der Waals surface area contributed by atoms with Gasteiger partial charge in [0.05, 0.1) is 12.7 Å². The SMILES string of the molecule is COc1ccccc1C(=O)COc1ccc(C=O)cc1F. The second-order valence-electron chi connectivity index (χ2n) is 4.22. The highest BCUT2D eigenvalue weighted by Crippen LogP contribution is 2.20. The van der Waals surface area contributed by atoms with E-state index in [4.69, 9.17) is 9.47 Å². The second kappa shape index (κ2) is 6.65. The van der Waals surface area contributed by atoms with Gasteiger partial charge in [-0.1, -0.05) is 12.1 Å². The Bertz CT molecular complexity index is 667. The maximum Gasteiger partial charge on any atom is 0.203 e. The van der Waals surface area contributed by atoms with Crippen molar-refractivity contribution in [2.45, 2.75) is 0 Å². The van der Waals surface area contributed by atoms with E-state index in [1.807, 2.05) is 0 Å². The van der Waals surface area contributed by atoms with Gasteiger partial charge in [-0.3, -0.25) is 9.59 Å². The first-order valence-electron chi connectivity index (χ1n) is 6.19. The lowest BCUT2D eigenvalue weighted by Crippen LogP contribution is -2.13. The van der Waals surface area contributed by atoms with Gasteiger partial charge in [0.25, 0.3) is 0 Å². The number of carbonyl (C=O) groups is 2. The highest BCUT2D eigenvalue weighted by molar-refractivity contribution is 5.99. The van der Waals surface area contributed by atoms with Gasteiger partial charge in [-0.25, -0.2) is 4.39 Å². The predicted octanol–water partition coefficient (Wildman–Crippen LogP) is 2.91. The fourth-order valence-electron chi connectivity index (χ4n) is 1.80. The van der Waals surface area contributed by atoms with Crippen LogP contribution in [0.2, 0.25) is 0 Å². The van der Waals surface area contributed by atoms with E-state index in [1.54, 1.807) is 24.3 Å². The molecule has 0 aliphatic rings. The molecule has 0 spiro atoms. The van der Waals surface area contributed by atoms with E-state index in [1.165, 1.54) is 19.2 Å². The van der Waals surface area contributed by atoms with Crippen LogP contribution < -0.4 is 9.47 Å². The Hall–Kier alpha value is -2.69. The number of Topliss-reactive ketones (excluding diaryl/α,β-unsaturated/α-hetero) is 1. The van der Waals surface area contributed by atoms with E-state index < -0.39 is 5.82 Å². The molecule has 0 saturated carbocycles. The minimum Gasteiger partial charge on any atom is -0.496 e. The van der Waals surface area contributed by atoms with Crippen LogP contribution in [0, 0.1) is 5.82 Å². The number of hydrogen-bond acceptors (Lipinski definition) is 4. The number of para-hydroxylation sites is 1. The third-order valence-corrected chi connectivity index (χ3v) is 2.86. The number of methoxy groups -OCH3 is 1. The number of aldehydes is 1. The van der Waals surface area contributed by atoms with Crippen molar-refractivity contribution in [3.63, 3.8) is 0 Å². The van der Waals surface area contributed by atoms with Crippen molar-refractivity contribution in [1.82, 2.24) is 0 Å². The standard InChI is InChI=1S/C16H13FO4/c1-20-15-5-3-2-4-12(15)14(19)10-21-16-7-6-11(9-18)8-13(16)17/h2-9H,10H2,1H3. The summed E-state index contributed by atoms with van der Waals surface area (Å²) in [4.78, 5) is 22.6. The maximum atomic E-state index is 13.6. The average Bonchev–Trinajstić information content (AvgIpc) is 2.53. The first-order chi connectivity index (χ1) is 10.2. The molecule has 108 valence electrons. The summed E-state index contributed by atoms with van der Waals surface area (Å²) in [6.45, 7) is -0.322. The highest BCUT2D eigenvalue weighted by atomic mass is 19.1. The Morgan fingerprint density at radius 3 is 2.62 bits per heavy atom. The number of ether oxygens (including phenoxy) is 2. The van der Waals surface area contributed by atoms with Crippen LogP contribution in [0.3, 0.4) is 0 Å². The number of halogens is 1. The van der Waals surface area contributed by atoms with Gasteiger partial charge in [-0.05, 0) is 30.3 Å². The molecule has 21 heavy (non-hydrogen) atoms. The third-order valence-electron chi connectivity index (χ3n) is 2.86. The number of rotatable bonds is 6. The molecule has 0 amide bonds. The molecule has 0 aliphatic heterocycles. The van der Waals surface area contributed by atoms with Crippen LogP contribution in [-0.2, 0) is 0 Å². The number of ketones is 1. The van der Waals surface area contributed by atoms with Crippen molar-refractivity contribution in [2.24, 2.45) is 0 Å². The molecular formula is C16H13FO4. The molecule has 5 heteroatoms. The Balaban J connectivity index is 2.09. The number of hydrogen-bond donors (Lipinski definition) is 0. The predicted molar refractivity (Wildman–Crippen MR) is 74.6 cm³/mol. The quantitative estimate of drug-likeness (QED) is 0.606. The molecule has 2 aromatic carbocycles. The van der Waals surface area contributed by atoms with Crippen LogP contribution in [-0.4, -0.2) is 25.8 Å². The average molecular weight is 288 g/mol. The molecule has 2 rings (SSSR count). The summed E-state index contributed by atoms with van der Waals surface area (Å²) in [5.41, 5.74) is 0.570. The molecule has 0 radical (unpaired) electrons. The Morgan fingerprint density at radius 2 is 1.95 bits per heavy atom. The van der Waals surface area contributed by atoms with Crippen molar-refractivity contribution in [2.75, 3.05) is 13.7 Å². The lowest BCUT2D eigenvalue weighted by atomic mass is 10.1. The molecular weight excluding hydrogens is 275 g/mol. The van der Waals surface area contributed by atoms with Crippen LogP contribution in [0.5, 0.6) is 11.5 Å². The Labute approximate surface area is 121 Å². The van der Waals surface area contributed by atoms with Crippen molar-refractivity contribution in [3.05, 3.63) is 59.4 Å². The molecule has 4 nitrogen and oxygen atoms in total. The van der Waals surface area contributed by atoms with Gasteiger partial charge in [-0.2, -0.15) is 0 Å².